The third kappa shape index (κ3) is 6.87. The summed E-state index contributed by atoms with van der Waals surface area (Å²) in [5.41, 5.74) is 2.65. The zero-order valence-corrected chi connectivity index (χ0v) is 20.2. The van der Waals surface area contributed by atoms with Gasteiger partial charge in [-0.1, -0.05) is 40.2 Å². The quantitative estimate of drug-likeness (QED) is 0.628. The third-order valence-corrected chi connectivity index (χ3v) is 5.31. The Hall–Kier alpha value is -2.34. The first-order chi connectivity index (χ1) is 14.0. The van der Waals surface area contributed by atoms with Crippen LogP contribution in [-0.2, 0) is 16.1 Å². The maximum Gasteiger partial charge on any atom is 0.261 e. The molecule has 0 bridgehead atoms. The van der Waals surface area contributed by atoms with Gasteiger partial charge in [-0.25, -0.2) is 0 Å². The number of benzene rings is 2. The average Bonchev–Trinajstić information content (AvgIpc) is 2.65. The molecule has 2 amide bonds. The van der Waals surface area contributed by atoms with Crippen LogP contribution in [0.5, 0.6) is 5.75 Å². The van der Waals surface area contributed by atoms with Crippen LogP contribution in [-0.4, -0.2) is 34.9 Å². The lowest BCUT2D eigenvalue weighted by atomic mass is 10.1. The van der Waals surface area contributed by atoms with Crippen LogP contribution in [0.4, 0.5) is 0 Å². The fourth-order valence-corrected chi connectivity index (χ4v) is 3.44. The first-order valence-electron chi connectivity index (χ1n) is 10.0. The van der Waals surface area contributed by atoms with Crippen LogP contribution in [0, 0.1) is 13.8 Å². The van der Waals surface area contributed by atoms with Gasteiger partial charge in [0.2, 0.25) is 5.91 Å². The molecule has 2 rings (SSSR count). The van der Waals surface area contributed by atoms with Gasteiger partial charge in [-0.2, -0.15) is 0 Å². The van der Waals surface area contributed by atoms with Crippen molar-refractivity contribution in [2.24, 2.45) is 0 Å². The lowest BCUT2D eigenvalue weighted by Gasteiger charge is -2.31. The number of amides is 2. The summed E-state index contributed by atoms with van der Waals surface area (Å²) < 4.78 is 6.74. The normalized spacial score (nSPS) is 12.2. The summed E-state index contributed by atoms with van der Waals surface area (Å²) >= 11 is 3.46. The van der Waals surface area contributed by atoms with Crippen LogP contribution >= 0.6 is 15.9 Å². The summed E-state index contributed by atoms with van der Waals surface area (Å²) in [6.07, 6.45) is 0. The fourth-order valence-electron chi connectivity index (χ4n) is 2.99. The van der Waals surface area contributed by atoms with Crippen molar-refractivity contribution in [3.63, 3.8) is 0 Å². The summed E-state index contributed by atoms with van der Waals surface area (Å²) in [5, 5.41) is 2.96. The number of carbonyl (C=O) groups is 2. The Bertz CT molecular complexity index is 906. The second-order valence-electron chi connectivity index (χ2n) is 8.55. The SMILES string of the molecule is Cc1cccc(OCC(=O)N(Cc2cccc(Br)c2)[C@H](C)C(=O)NC(C)(C)C)c1C. The molecule has 0 heterocycles. The van der Waals surface area contributed by atoms with E-state index in [-0.39, 0.29) is 24.0 Å². The molecule has 0 unspecified atom stereocenters. The van der Waals surface area contributed by atoms with Gasteiger partial charge in [0.05, 0.1) is 0 Å². The lowest BCUT2D eigenvalue weighted by molar-refractivity contribution is -0.142. The van der Waals surface area contributed by atoms with E-state index in [9.17, 15) is 9.59 Å². The molecule has 0 aromatic heterocycles. The Labute approximate surface area is 187 Å². The first kappa shape index (κ1) is 23.9. The highest BCUT2D eigenvalue weighted by atomic mass is 79.9. The fraction of sp³-hybridized carbons (Fsp3) is 0.417. The molecule has 2 aromatic rings. The molecule has 1 N–H and O–H groups in total. The van der Waals surface area contributed by atoms with E-state index in [4.69, 9.17) is 4.74 Å². The highest BCUT2D eigenvalue weighted by Crippen LogP contribution is 2.21. The predicted octanol–water partition coefficient (Wildman–Crippen LogP) is 4.78. The molecular weight excluding hydrogens is 444 g/mol. The Kier molecular flexibility index (Phi) is 8.07. The van der Waals surface area contributed by atoms with E-state index in [0.29, 0.717) is 12.3 Å². The molecule has 6 heteroatoms. The number of carbonyl (C=O) groups excluding carboxylic acids is 2. The van der Waals surface area contributed by atoms with E-state index in [1.54, 1.807) is 11.8 Å². The molecule has 0 aliphatic rings. The summed E-state index contributed by atoms with van der Waals surface area (Å²) in [5.74, 6) is 0.238. The summed E-state index contributed by atoms with van der Waals surface area (Å²) in [7, 11) is 0. The lowest BCUT2D eigenvalue weighted by Crippen LogP contribution is -2.53. The van der Waals surface area contributed by atoms with Gasteiger partial charge in [0, 0.05) is 16.6 Å². The van der Waals surface area contributed by atoms with E-state index in [1.165, 1.54) is 0 Å². The summed E-state index contributed by atoms with van der Waals surface area (Å²) in [6, 6.07) is 12.8. The highest BCUT2D eigenvalue weighted by Gasteiger charge is 2.28. The van der Waals surface area contributed by atoms with Gasteiger partial charge in [0.25, 0.3) is 5.91 Å². The van der Waals surface area contributed by atoms with Crippen LogP contribution in [0.15, 0.2) is 46.9 Å². The monoisotopic (exact) mass is 474 g/mol. The predicted molar refractivity (Wildman–Crippen MR) is 123 cm³/mol. The Morgan fingerprint density at radius 2 is 1.80 bits per heavy atom. The molecular formula is C24H31BrN2O3. The van der Waals surface area contributed by atoms with Crippen molar-refractivity contribution in [2.45, 2.75) is 59.7 Å². The largest absolute Gasteiger partial charge is 0.483 e. The van der Waals surface area contributed by atoms with Crippen LogP contribution < -0.4 is 10.1 Å². The van der Waals surface area contributed by atoms with Gasteiger partial charge in [-0.05, 0) is 76.4 Å². The summed E-state index contributed by atoms with van der Waals surface area (Å²) in [4.78, 5) is 27.5. The minimum absolute atomic E-state index is 0.133. The van der Waals surface area contributed by atoms with E-state index >= 15 is 0 Å². The third-order valence-electron chi connectivity index (χ3n) is 4.81. The molecule has 0 fully saturated rings. The van der Waals surface area contributed by atoms with Gasteiger partial charge in [0.1, 0.15) is 11.8 Å². The molecule has 1 atom stereocenters. The molecule has 2 aromatic carbocycles. The molecule has 30 heavy (non-hydrogen) atoms. The van der Waals surface area contributed by atoms with E-state index in [1.807, 2.05) is 77.1 Å². The second-order valence-corrected chi connectivity index (χ2v) is 9.47. The van der Waals surface area contributed by atoms with Gasteiger partial charge in [0.15, 0.2) is 6.61 Å². The van der Waals surface area contributed by atoms with Gasteiger partial charge >= 0.3 is 0 Å². The molecule has 0 aliphatic carbocycles. The Balaban J connectivity index is 2.21. The number of ether oxygens (including phenoxy) is 1. The summed E-state index contributed by atoms with van der Waals surface area (Å²) in [6.45, 7) is 11.6. The second kappa shape index (κ2) is 10.1. The van der Waals surface area contributed by atoms with E-state index in [0.717, 1.165) is 21.2 Å². The molecule has 0 saturated carbocycles. The van der Waals surface area contributed by atoms with Crippen molar-refractivity contribution in [1.29, 1.82) is 0 Å². The molecule has 162 valence electrons. The number of nitrogens with zero attached hydrogens (tertiary/aromatic N) is 1. The van der Waals surface area contributed by atoms with Crippen molar-refractivity contribution in [1.82, 2.24) is 10.2 Å². The topological polar surface area (TPSA) is 58.6 Å². The zero-order valence-electron chi connectivity index (χ0n) is 18.6. The molecule has 0 saturated heterocycles. The average molecular weight is 475 g/mol. The number of rotatable bonds is 7. The van der Waals surface area contributed by atoms with Crippen LogP contribution in [0.1, 0.15) is 44.4 Å². The maximum absolute atomic E-state index is 13.1. The molecule has 0 aliphatic heterocycles. The zero-order chi connectivity index (χ0) is 22.5. The first-order valence-corrected chi connectivity index (χ1v) is 10.8. The van der Waals surface area contributed by atoms with Crippen molar-refractivity contribution >= 4 is 27.7 Å². The standard InChI is InChI=1S/C24H31BrN2O3/c1-16-9-7-12-21(17(16)2)30-15-22(28)27(14-19-10-8-11-20(25)13-19)18(3)23(29)26-24(4,5)6/h7-13,18H,14-15H2,1-6H3,(H,26,29)/t18-/m1/s1. The van der Waals surface area contributed by atoms with Crippen molar-refractivity contribution in [3.8, 4) is 5.75 Å². The Morgan fingerprint density at radius 3 is 2.43 bits per heavy atom. The number of nitrogens with one attached hydrogen (secondary N) is 1. The van der Waals surface area contributed by atoms with Crippen molar-refractivity contribution in [2.75, 3.05) is 6.61 Å². The highest BCUT2D eigenvalue weighted by molar-refractivity contribution is 9.10. The van der Waals surface area contributed by atoms with Gasteiger partial charge in [-0.15, -0.1) is 0 Å². The molecule has 5 nitrogen and oxygen atoms in total. The smallest absolute Gasteiger partial charge is 0.261 e. The minimum atomic E-state index is -0.641. The van der Waals surface area contributed by atoms with Crippen LogP contribution in [0.25, 0.3) is 0 Å². The van der Waals surface area contributed by atoms with Crippen molar-refractivity contribution < 1.29 is 14.3 Å². The van der Waals surface area contributed by atoms with E-state index in [2.05, 4.69) is 21.2 Å². The number of hydrogen-bond donors (Lipinski definition) is 1. The van der Waals surface area contributed by atoms with E-state index < -0.39 is 6.04 Å². The van der Waals surface area contributed by atoms with Crippen molar-refractivity contribution in [3.05, 3.63) is 63.6 Å². The van der Waals surface area contributed by atoms with Crippen LogP contribution in [0.3, 0.4) is 0 Å². The van der Waals surface area contributed by atoms with Gasteiger partial charge in [-0.3, -0.25) is 9.59 Å². The maximum atomic E-state index is 13.1. The Morgan fingerprint density at radius 1 is 1.13 bits per heavy atom. The molecule has 0 radical (unpaired) electrons. The van der Waals surface area contributed by atoms with Gasteiger partial charge < -0.3 is 15.0 Å². The number of hydrogen-bond acceptors (Lipinski definition) is 3. The van der Waals surface area contributed by atoms with Crippen LogP contribution in [0.2, 0.25) is 0 Å². The molecule has 0 spiro atoms. The number of aryl methyl sites for hydroxylation is 1. The number of halogens is 1. The minimum Gasteiger partial charge on any atom is -0.483 e.